The standard InChI is InChI=1S/C15H18FNO2/c1-11(9-14(18)15-7-4-8-19-15)17-10-12-5-2-3-6-13(12)16/h2-8,11,14,17-18H,9-10H2,1H3. The highest BCUT2D eigenvalue weighted by molar-refractivity contribution is 5.17. The maximum atomic E-state index is 13.4. The summed E-state index contributed by atoms with van der Waals surface area (Å²) in [7, 11) is 0. The molecule has 0 fully saturated rings. The van der Waals surface area contributed by atoms with Crippen LogP contribution in [0.2, 0.25) is 0 Å². The lowest BCUT2D eigenvalue weighted by molar-refractivity contribution is 0.128. The summed E-state index contributed by atoms with van der Waals surface area (Å²) in [5.74, 6) is 0.341. The number of rotatable bonds is 6. The molecule has 0 amide bonds. The van der Waals surface area contributed by atoms with Crippen molar-refractivity contribution in [2.45, 2.75) is 32.0 Å². The van der Waals surface area contributed by atoms with Crippen LogP contribution in [-0.2, 0) is 6.54 Å². The Morgan fingerprint density at radius 1 is 1.26 bits per heavy atom. The minimum Gasteiger partial charge on any atom is -0.467 e. The van der Waals surface area contributed by atoms with Crippen LogP contribution in [0.15, 0.2) is 47.1 Å². The number of aliphatic hydroxyl groups is 1. The zero-order valence-corrected chi connectivity index (χ0v) is 10.8. The number of aliphatic hydroxyl groups excluding tert-OH is 1. The summed E-state index contributed by atoms with van der Waals surface area (Å²) in [5, 5.41) is 13.1. The van der Waals surface area contributed by atoms with E-state index in [9.17, 15) is 9.50 Å². The Morgan fingerprint density at radius 3 is 2.74 bits per heavy atom. The number of furan rings is 1. The molecule has 0 bridgehead atoms. The third-order valence-electron chi connectivity index (χ3n) is 3.05. The molecule has 0 aliphatic heterocycles. The van der Waals surface area contributed by atoms with Crippen LogP contribution < -0.4 is 5.32 Å². The Kier molecular flexibility index (Phi) is 4.71. The highest BCUT2D eigenvalue weighted by Crippen LogP contribution is 2.18. The highest BCUT2D eigenvalue weighted by Gasteiger charge is 2.14. The number of halogens is 1. The predicted molar refractivity (Wildman–Crippen MR) is 71.0 cm³/mol. The lowest BCUT2D eigenvalue weighted by Gasteiger charge is -2.16. The molecule has 0 aliphatic rings. The third-order valence-corrected chi connectivity index (χ3v) is 3.05. The average molecular weight is 263 g/mol. The zero-order valence-electron chi connectivity index (χ0n) is 10.8. The van der Waals surface area contributed by atoms with Crippen LogP contribution in [0.3, 0.4) is 0 Å². The van der Waals surface area contributed by atoms with Gasteiger partial charge in [0.15, 0.2) is 0 Å². The van der Waals surface area contributed by atoms with Crippen molar-refractivity contribution in [2.75, 3.05) is 0 Å². The Bertz CT molecular complexity index is 499. The van der Waals surface area contributed by atoms with Crippen molar-refractivity contribution >= 4 is 0 Å². The van der Waals surface area contributed by atoms with Gasteiger partial charge in [0, 0.05) is 18.2 Å². The summed E-state index contributed by atoms with van der Waals surface area (Å²) in [6, 6.07) is 10.2. The summed E-state index contributed by atoms with van der Waals surface area (Å²) in [6.45, 7) is 2.39. The molecule has 2 aromatic rings. The SMILES string of the molecule is CC(CC(O)c1ccco1)NCc1ccccc1F. The Morgan fingerprint density at radius 2 is 2.05 bits per heavy atom. The van der Waals surface area contributed by atoms with Crippen molar-refractivity contribution in [2.24, 2.45) is 0 Å². The van der Waals surface area contributed by atoms with Crippen LogP contribution in [0.25, 0.3) is 0 Å². The van der Waals surface area contributed by atoms with E-state index < -0.39 is 6.10 Å². The van der Waals surface area contributed by atoms with Crippen LogP contribution >= 0.6 is 0 Å². The quantitative estimate of drug-likeness (QED) is 0.842. The van der Waals surface area contributed by atoms with E-state index in [1.54, 1.807) is 24.3 Å². The fourth-order valence-electron chi connectivity index (χ4n) is 1.94. The number of nitrogens with one attached hydrogen (secondary N) is 1. The van der Waals surface area contributed by atoms with Gasteiger partial charge in [-0.2, -0.15) is 0 Å². The van der Waals surface area contributed by atoms with Gasteiger partial charge < -0.3 is 14.8 Å². The molecule has 1 aromatic carbocycles. The molecule has 4 heteroatoms. The van der Waals surface area contributed by atoms with Crippen molar-refractivity contribution in [1.82, 2.24) is 5.32 Å². The Balaban J connectivity index is 1.82. The van der Waals surface area contributed by atoms with Crippen LogP contribution in [0.1, 0.15) is 30.8 Å². The van der Waals surface area contributed by atoms with Gasteiger partial charge in [-0.05, 0) is 31.5 Å². The Hall–Kier alpha value is -1.65. The van der Waals surface area contributed by atoms with Crippen molar-refractivity contribution in [3.05, 3.63) is 59.8 Å². The van der Waals surface area contributed by atoms with Gasteiger partial charge in [0.25, 0.3) is 0 Å². The first-order valence-electron chi connectivity index (χ1n) is 6.35. The van der Waals surface area contributed by atoms with E-state index in [1.807, 2.05) is 13.0 Å². The van der Waals surface area contributed by atoms with E-state index in [0.717, 1.165) is 0 Å². The van der Waals surface area contributed by atoms with Gasteiger partial charge >= 0.3 is 0 Å². The molecule has 0 saturated carbocycles. The molecule has 2 N–H and O–H groups in total. The fourth-order valence-corrected chi connectivity index (χ4v) is 1.94. The van der Waals surface area contributed by atoms with Gasteiger partial charge in [-0.15, -0.1) is 0 Å². The van der Waals surface area contributed by atoms with Crippen molar-refractivity contribution < 1.29 is 13.9 Å². The van der Waals surface area contributed by atoms with Crippen LogP contribution in [0, 0.1) is 5.82 Å². The van der Waals surface area contributed by atoms with E-state index in [4.69, 9.17) is 4.42 Å². The molecule has 1 aromatic heterocycles. The maximum Gasteiger partial charge on any atom is 0.132 e. The van der Waals surface area contributed by atoms with Gasteiger partial charge in [-0.1, -0.05) is 18.2 Å². The van der Waals surface area contributed by atoms with Crippen LogP contribution in [-0.4, -0.2) is 11.1 Å². The topological polar surface area (TPSA) is 45.4 Å². The van der Waals surface area contributed by atoms with Gasteiger partial charge in [0.05, 0.1) is 6.26 Å². The molecule has 1 heterocycles. The molecule has 0 radical (unpaired) electrons. The second-order valence-electron chi connectivity index (χ2n) is 4.64. The molecule has 3 nitrogen and oxygen atoms in total. The molecule has 2 unspecified atom stereocenters. The number of hydrogen-bond acceptors (Lipinski definition) is 3. The molecule has 19 heavy (non-hydrogen) atoms. The molecular weight excluding hydrogens is 245 g/mol. The van der Waals surface area contributed by atoms with E-state index in [-0.39, 0.29) is 11.9 Å². The maximum absolute atomic E-state index is 13.4. The van der Waals surface area contributed by atoms with Crippen LogP contribution in [0.4, 0.5) is 4.39 Å². The first kappa shape index (κ1) is 13.8. The minimum absolute atomic E-state index is 0.0553. The third kappa shape index (κ3) is 3.91. The van der Waals surface area contributed by atoms with E-state index in [2.05, 4.69) is 5.32 Å². The monoisotopic (exact) mass is 263 g/mol. The fraction of sp³-hybridized carbons (Fsp3) is 0.333. The van der Waals surface area contributed by atoms with Crippen molar-refractivity contribution in [3.8, 4) is 0 Å². The zero-order chi connectivity index (χ0) is 13.7. The summed E-state index contributed by atoms with van der Waals surface area (Å²) in [6.07, 6.45) is 1.41. The van der Waals surface area contributed by atoms with E-state index in [0.29, 0.717) is 24.3 Å². The first-order valence-corrected chi connectivity index (χ1v) is 6.35. The summed E-state index contributed by atoms with van der Waals surface area (Å²) in [5.41, 5.74) is 0.627. The minimum atomic E-state index is -0.641. The van der Waals surface area contributed by atoms with Crippen molar-refractivity contribution in [3.63, 3.8) is 0 Å². The second-order valence-corrected chi connectivity index (χ2v) is 4.64. The lowest BCUT2D eigenvalue weighted by Crippen LogP contribution is -2.27. The van der Waals surface area contributed by atoms with Gasteiger partial charge in [-0.3, -0.25) is 0 Å². The molecule has 102 valence electrons. The van der Waals surface area contributed by atoms with Crippen LogP contribution in [0.5, 0.6) is 0 Å². The summed E-state index contributed by atoms with van der Waals surface area (Å²) >= 11 is 0. The summed E-state index contributed by atoms with van der Waals surface area (Å²) < 4.78 is 18.6. The normalized spacial score (nSPS) is 14.3. The molecule has 2 rings (SSSR count). The number of hydrogen-bond donors (Lipinski definition) is 2. The molecule has 0 spiro atoms. The Labute approximate surface area is 112 Å². The van der Waals surface area contributed by atoms with E-state index >= 15 is 0 Å². The predicted octanol–water partition coefficient (Wildman–Crippen LogP) is 3.02. The molecule has 0 saturated heterocycles. The average Bonchev–Trinajstić information content (AvgIpc) is 2.91. The first-order chi connectivity index (χ1) is 9.16. The van der Waals surface area contributed by atoms with Gasteiger partial charge in [0.1, 0.15) is 17.7 Å². The van der Waals surface area contributed by atoms with E-state index in [1.165, 1.54) is 12.3 Å². The largest absolute Gasteiger partial charge is 0.467 e. The number of benzene rings is 1. The lowest BCUT2D eigenvalue weighted by atomic mass is 10.1. The molecule has 0 aliphatic carbocycles. The second kappa shape index (κ2) is 6.50. The van der Waals surface area contributed by atoms with Gasteiger partial charge in [-0.25, -0.2) is 4.39 Å². The molecule has 2 atom stereocenters. The van der Waals surface area contributed by atoms with Gasteiger partial charge in [0.2, 0.25) is 0 Å². The highest BCUT2D eigenvalue weighted by atomic mass is 19.1. The summed E-state index contributed by atoms with van der Waals surface area (Å²) in [4.78, 5) is 0. The van der Waals surface area contributed by atoms with Crippen molar-refractivity contribution in [1.29, 1.82) is 0 Å². The smallest absolute Gasteiger partial charge is 0.132 e. The molecular formula is C15H18FNO2.